The van der Waals surface area contributed by atoms with E-state index in [9.17, 15) is 4.79 Å². The summed E-state index contributed by atoms with van der Waals surface area (Å²) in [6, 6.07) is 8.28. The van der Waals surface area contributed by atoms with E-state index in [0.29, 0.717) is 11.8 Å². The van der Waals surface area contributed by atoms with Gasteiger partial charge in [-0.05, 0) is 48.6 Å². The molecular formula is C21H31NO2. The summed E-state index contributed by atoms with van der Waals surface area (Å²) in [4.78, 5) is 14.5. The highest BCUT2D eigenvalue weighted by Gasteiger charge is 2.24. The molecule has 1 aromatic carbocycles. The molecule has 2 aliphatic rings. The number of rotatable bonds is 6. The summed E-state index contributed by atoms with van der Waals surface area (Å²) in [7, 11) is 0. The number of carbonyl (C=O) groups excluding carboxylic acids is 1. The Morgan fingerprint density at radius 2 is 1.58 bits per heavy atom. The topological polar surface area (TPSA) is 40.5 Å². The molecule has 1 aromatic rings. The SMILES string of the molecule is O=C(CCC1CCCC1)N1CCC(Cc2ccc(CO)cc2)CC1. The maximum absolute atomic E-state index is 12.4. The maximum atomic E-state index is 12.4. The molecule has 1 saturated heterocycles. The van der Waals surface area contributed by atoms with E-state index in [1.165, 1.54) is 31.2 Å². The van der Waals surface area contributed by atoms with Crippen LogP contribution in [0.1, 0.15) is 62.5 Å². The van der Waals surface area contributed by atoms with Crippen molar-refractivity contribution in [2.45, 2.75) is 64.4 Å². The molecule has 3 heteroatoms. The van der Waals surface area contributed by atoms with Crippen LogP contribution in [0.25, 0.3) is 0 Å². The van der Waals surface area contributed by atoms with Crippen LogP contribution < -0.4 is 0 Å². The zero-order chi connectivity index (χ0) is 16.8. The second-order valence-corrected chi connectivity index (χ2v) is 7.69. The first kappa shape index (κ1) is 17.5. The van der Waals surface area contributed by atoms with Crippen LogP contribution in [0.4, 0.5) is 0 Å². The summed E-state index contributed by atoms with van der Waals surface area (Å²) in [6.45, 7) is 1.98. The lowest BCUT2D eigenvalue weighted by Crippen LogP contribution is -2.38. The van der Waals surface area contributed by atoms with Gasteiger partial charge in [0, 0.05) is 19.5 Å². The van der Waals surface area contributed by atoms with Gasteiger partial charge in [0.25, 0.3) is 0 Å². The Morgan fingerprint density at radius 3 is 2.21 bits per heavy atom. The van der Waals surface area contributed by atoms with Crippen LogP contribution in [0.2, 0.25) is 0 Å². The lowest BCUT2D eigenvalue weighted by molar-refractivity contribution is -0.132. The summed E-state index contributed by atoms with van der Waals surface area (Å²) in [5, 5.41) is 9.11. The Bertz CT molecular complexity index is 511. The summed E-state index contributed by atoms with van der Waals surface area (Å²) in [5.74, 6) is 1.88. The lowest BCUT2D eigenvalue weighted by atomic mass is 9.89. The summed E-state index contributed by atoms with van der Waals surface area (Å²) in [6.07, 6.45) is 10.6. The zero-order valence-corrected chi connectivity index (χ0v) is 14.8. The minimum atomic E-state index is 0.113. The van der Waals surface area contributed by atoms with Gasteiger partial charge in [-0.25, -0.2) is 0 Å². The fraction of sp³-hybridized carbons (Fsp3) is 0.667. The maximum Gasteiger partial charge on any atom is 0.222 e. The molecular weight excluding hydrogens is 298 g/mol. The molecule has 132 valence electrons. The first-order valence-electron chi connectivity index (χ1n) is 9.71. The minimum absolute atomic E-state index is 0.113. The monoisotopic (exact) mass is 329 g/mol. The van der Waals surface area contributed by atoms with Gasteiger partial charge in [0.2, 0.25) is 5.91 Å². The van der Waals surface area contributed by atoms with Gasteiger partial charge in [-0.15, -0.1) is 0 Å². The van der Waals surface area contributed by atoms with Gasteiger partial charge in [0.1, 0.15) is 0 Å². The fourth-order valence-corrected chi connectivity index (χ4v) is 4.29. The Balaban J connectivity index is 1.38. The molecule has 0 aromatic heterocycles. The van der Waals surface area contributed by atoms with Crippen LogP contribution in [0.5, 0.6) is 0 Å². The van der Waals surface area contributed by atoms with E-state index in [1.54, 1.807) is 0 Å². The molecule has 1 saturated carbocycles. The second-order valence-electron chi connectivity index (χ2n) is 7.69. The third-order valence-corrected chi connectivity index (χ3v) is 5.94. The fourth-order valence-electron chi connectivity index (χ4n) is 4.29. The van der Waals surface area contributed by atoms with Crippen molar-refractivity contribution >= 4 is 5.91 Å². The smallest absolute Gasteiger partial charge is 0.222 e. The molecule has 1 N–H and O–H groups in total. The summed E-state index contributed by atoms with van der Waals surface area (Å²) >= 11 is 0. The van der Waals surface area contributed by atoms with E-state index >= 15 is 0 Å². The Labute approximate surface area is 146 Å². The van der Waals surface area contributed by atoms with Gasteiger partial charge in [0.05, 0.1) is 6.61 Å². The normalized spacial score (nSPS) is 19.8. The third-order valence-electron chi connectivity index (χ3n) is 5.94. The number of benzene rings is 1. The van der Waals surface area contributed by atoms with Gasteiger partial charge >= 0.3 is 0 Å². The van der Waals surface area contributed by atoms with Crippen molar-refractivity contribution in [3.63, 3.8) is 0 Å². The van der Waals surface area contributed by atoms with Crippen molar-refractivity contribution in [1.82, 2.24) is 4.90 Å². The Kier molecular flexibility index (Phi) is 6.30. The standard InChI is InChI=1S/C21H31NO2/c23-16-20-7-5-18(6-8-20)15-19-11-13-22(14-12-19)21(24)10-9-17-3-1-2-4-17/h5-8,17,19,23H,1-4,9-16H2. The van der Waals surface area contributed by atoms with Crippen LogP contribution >= 0.6 is 0 Å². The lowest BCUT2D eigenvalue weighted by Gasteiger charge is -2.32. The number of nitrogens with zero attached hydrogens (tertiary/aromatic N) is 1. The van der Waals surface area contributed by atoms with Gasteiger partial charge in [-0.1, -0.05) is 49.9 Å². The Hall–Kier alpha value is -1.35. The predicted octanol–water partition coefficient (Wildman–Crippen LogP) is 3.93. The number of hydrogen-bond donors (Lipinski definition) is 1. The quantitative estimate of drug-likeness (QED) is 0.859. The van der Waals surface area contributed by atoms with Gasteiger partial charge in [-0.3, -0.25) is 4.79 Å². The van der Waals surface area contributed by atoms with E-state index in [2.05, 4.69) is 17.0 Å². The molecule has 2 fully saturated rings. The van der Waals surface area contributed by atoms with Crippen LogP contribution in [0.15, 0.2) is 24.3 Å². The minimum Gasteiger partial charge on any atom is -0.392 e. The first-order valence-corrected chi connectivity index (χ1v) is 9.71. The van der Waals surface area contributed by atoms with Crippen molar-refractivity contribution < 1.29 is 9.90 Å². The molecule has 3 rings (SSSR count). The van der Waals surface area contributed by atoms with Crippen molar-refractivity contribution in [2.24, 2.45) is 11.8 Å². The molecule has 1 amide bonds. The number of amides is 1. The Morgan fingerprint density at radius 1 is 0.958 bits per heavy atom. The third kappa shape index (κ3) is 4.83. The molecule has 3 nitrogen and oxygen atoms in total. The van der Waals surface area contributed by atoms with Crippen molar-refractivity contribution in [3.8, 4) is 0 Å². The number of carbonyl (C=O) groups is 1. The van der Waals surface area contributed by atoms with Crippen molar-refractivity contribution in [3.05, 3.63) is 35.4 Å². The van der Waals surface area contributed by atoms with Gasteiger partial charge in [-0.2, -0.15) is 0 Å². The number of likely N-dealkylation sites (tertiary alicyclic amines) is 1. The van der Waals surface area contributed by atoms with E-state index in [4.69, 9.17) is 5.11 Å². The molecule has 1 heterocycles. The second kappa shape index (κ2) is 8.66. The molecule has 0 bridgehead atoms. The number of aliphatic hydroxyl groups excluding tert-OH is 1. The van der Waals surface area contributed by atoms with Crippen LogP contribution in [-0.4, -0.2) is 29.0 Å². The average molecular weight is 329 g/mol. The molecule has 0 atom stereocenters. The highest BCUT2D eigenvalue weighted by Crippen LogP contribution is 2.29. The van der Waals surface area contributed by atoms with Gasteiger partial charge in [0.15, 0.2) is 0 Å². The summed E-state index contributed by atoms with van der Waals surface area (Å²) < 4.78 is 0. The average Bonchev–Trinajstić information content (AvgIpc) is 3.14. The number of hydrogen-bond acceptors (Lipinski definition) is 2. The first-order chi connectivity index (χ1) is 11.7. The van der Waals surface area contributed by atoms with Crippen LogP contribution in [-0.2, 0) is 17.8 Å². The molecule has 0 radical (unpaired) electrons. The summed E-state index contributed by atoms with van der Waals surface area (Å²) in [5.41, 5.74) is 2.32. The number of aliphatic hydroxyl groups is 1. The molecule has 24 heavy (non-hydrogen) atoms. The highest BCUT2D eigenvalue weighted by atomic mass is 16.3. The van der Waals surface area contributed by atoms with Crippen LogP contribution in [0, 0.1) is 11.8 Å². The molecule has 1 aliphatic carbocycles. The molecule has 0 unspecified atom stereocenters. The van der Waals surface area contributed by atoms with E-state index in [-0.39, 0.29) is 6.61 Å². The van der Waals surface area contributed by atoms with Crippen LogP contribution in [0.3, 0.4) is 0 Å². The zero-order valence-electron chi connectivity index (χ0n) is 14.8. The molecule has 0 spiro atoms. The highest BCUT2D eigenvalue weighted by molar-refractivity contribution is 5.76. The predicted molar refractivity (Wildman–Crippen MR) is 96.6 cm³/mol. The molecule has 1 aliphatic heterocycles. The van der Waals surface area contributed by atoms with Crippen molar-refractivity contribution in [2.75, 3.05) is 13.1 Å². The van der Waals surface area contributed by atoms with E-state index in [1.807, 2.05) is 12.1 Å². The number of piperidine rings is 1. The van der Waals surface area contributed by atoms with Crippen molar-refractivity contribution in [1.29, 1.82) is 0 Å². The van der Waals surface area contributed by atoms with Gasteiger partial charge < -0.3 is 10.0 Å². The largest absolute Gasteiger partial charge is 0.392 e. The van der Waals surface area contributed by atoms with E-state index < -0.39 is 0 Å². The van der Waals surface area contributed by atoms with E-state index in [0.717, 1.165) is 56.7 Å².